The van der Waals surface area contributed by atoms with Crippen LogP contribution in [0.1, 0.15) is 44.9 Å². The SMILES string of the molecule is NN(c1c(C2=CCNC=C2)[nH]c2c1C(=O)CC(NC(=O)c1ccccc1)C2)C1C=CC=CC1. The second kappa shape index (κ2) is 8.96. The molecule has 7 nitrogen and oxygen atoms in total. The Bertz CT molecular complexity index is 1190. The summed E-state index contributed by atoms with van der Waals surface area (Å²) in [6, 6.07) is 8.74. The molecule has 0 saturated heterocycles. The number of carbonyl (C=O) groups excluding carboxylic acids is 2. The third-order valence-corrected chi connectivity index (χ3v) is 6.27. The van der Waals surface area contributed by atoms with Gasteiger partial charge in [0.15, 0.2) is 5.78 Å². The highest BCUT2D eigenvalue weighted by Crippen LogP contribution is 2.38. The smallest absolute Gasteiger partial charge is 0.251 e. The first-order valence-electron chi connectivity index (χ1n) is 11.2. The second-order valence-corrected chi connectivity index (χ2v) is 8.49. The number of Topliss-reactive ketones (excluding diaryl/α,β-unsaturated/α-hetero) is 1. The van der Waals surface area contributed by atoms with E-state index in [9.17, 15) is 9.59 Å². The number of carbonyl (C=O) groups is 2. The summed E-state index contributed by atoms with van der Waals surface area (Å²) in [6.45, 7) is 0.704. The number of hydrogen-bond donors (Lipinski definition) is 4. The van der Waals surface area contributed by atoms with Crippen LogP contribution in [0.25, 0.3) is 5.57 Å². The Morgan fingerprint density at radius 1 is 1.15 bits per heavy atom. The molecule has 0 spiro atoms. The number of nitrogens with two attached hydrogens (primary N) is 1. The lowest BCUT2D eigenvalue weighted by atomic mass is 9.90. The maximum Gasteiger partial charge on any atom is 0.251 e. The molecule has 2 heterocycles. The fraction of sp³-hybridized carbons (Fsp3) is 0.231. The van der Waals surface area contributed by atoms with Crippen molar-refractivity contribution in [1.82, 2.24) is 15.6 Å². The number of nitrogens with one attached hydrogen (secondary N) is 3. The van der Waals surface area contributed by atoms with Crippen LogP contribution in [0.3, 0.4) is 0 Å². The van der Waals surface area contributed by atoms with Crippen molar-refractivity contribution in [3.8, 4) is 0 Å². The van der Waals surface area contributed by atoms with Crippen LogP contribution in [-0.4, -0.2) is 35.3 Å². The van der Waals surface area contributed by atoms with Gasteiger partial charge in [-0.1, -0.05) is 48.6 Å². The topological polar surface area (TPSA) is 103 Å². The fourth-order valence-corrected chi connectivity index (χ4v) is 4.64. The highest BCUT2D eigenvalue weighted by molar-refractivity contribution is 6.07. The predicted octanol–water partition coefficient (Wildman–Crippen LogP) is 3.01. The summed E-state index contributed by atoms with van der Waals surface area (Å²) < 4.78 is 0. The first kappa shape index (κ1) is 21.0. The van der Waals surface area contributed by atoms with E-state index >= 15 is 0 Å². The van der Waals surface area contributed by atoms with Gasteiger partial charge in [-0.15, -0.1) is 0 Å². The molecule has 168 valence electrons. The van der Waals surface area contributed by atoms with Gasteiger partial charge in [0.25, 0.3) is 5.91 Å². The molecule has 1 aliphatic heterocycles. The maximum absolute atomic E-state index is 13.4. The molecular weight excluding hydrogens is 414 g/mol. The summed E-state index contributed by atoms with van der Waals surface area (Å²) >= 11 is 0. The number of anilines is 1. The number of rotatable bonds is 5. The zero-order valence-corrected chi connectivity index (χ0v) is 18.3. The molecule has 0 radical (unpaired) electrons. The van der Waals surface area contributed by atoms with Crippen LogP contribution in [0.5, 0.6) is 0 Å². The third-order valence-electron chi connectivity index (χ3n) is 6.27. The molecule has 1 aromatic carbocycles. The van der Waals surface area contributed by atoms with Gasteiger partial charge in [0, 0.05) is 36.7 Å². The molecule has 2 atom stereocenters. The maximum atomic E-state index is 13.4. The van der Waals surface area contributed by atoms with Gasteiger partial charge in [0.1, 0.15) is 0 Å². The molecule has 2 aromatic rings. The van der Waals surface area contributed by atoms with Gasteiger partial charge in [-0.3, -0.25) is 9.59 Å². The van der Waals surface area contributed by atoms with Crippen molar-refractivity contribution in [3.63, 3.8) is 0 Å². The zero-order chi connectivity index (χ0) is 22.8. The number of amides is 1. The Kier molecular flexibility index (Phi) is 5.71. The predicted molar refractivity (Wildman–Crippen MR) is 130 cm³/mol. The van der Waals surface area contributed by atoms with Crippen molar-refractivity contribution in [2.24, 2.45) is 5.84 Å². The van der Waals surface area contributed by atoms with Crippen LogP contribution in [0, 0.1) is 0 Å². The van der Waals surface area contributed by atoms with Crippen LogP contribution in [0.2, 0.25) is 0 Å². The monoisotopic (exact) mass is 441 g/mol. The number of benzene rings is 1. The molecule has 1 aromatic heterocycles. The summed E-state index contributed by atoms with van der Waals surface area (Å²) in [5, 5.41) is 7.90. The Balaban J connectivity index is 1.48. The lowest BCUT2D eigenvalue weighted by Crippen LogP contribution is -2.43. The number of fused-ring (bicyclic) bond motifs is 1. The summed E-state index contributed by atoms with van der Waals surface area (Å²) in [7, 11) is 0. The van der Waals surface area contributed by atoms with Crippen molar-refractivity contribution in [2.45, 2.75) is 31.3 Å². The number of nitrogens with zero attached hydrogens (tertiary/aromatic N) is 1. The minimum atomic E-state index is -0.279. The van der Waals surface area contributed by atoms with Gasteiger partial charge in [-0.25, -0.2) is 5.84 Å². The molecule has 5 N–H and O–H groups in total. The van der Waals surface area contributed by atoms with Crippen LogP contribution in [-0.2, 0) is 6.42 Å². The van der Waals surface area contributed by atoms with Crippen molar-refractivity contribution in [2.75, 3.05) is 11.6 Å². The molecule has 7 heteroatoms. The van der Waals surface area contributed by atoms with E-state index in [4.69, 9.17) is 5.84 Å². The van der Waals surface area contributed by atoms with Crippen molar-refractivity contribution in [3.05, 3.63) is 95.5 Å². The van der Waals surface area contributed by atoms with Crippen LogP contribution in [0.15, 0.2) is 73.0 Å². The quantitative estimate of drug-likeness (QED) is 0.422. The minimum Gasteiger partial charge on any atom is -0.387 e. The Labute approximate surface area is 192 Å². The van der Waals surface area contributed by atoms with Gasteiger partial charge in [0.05, 0.1) is 23.0 Å². The summed E-state index contributed by atoms with van der Waals surface area (Å²) in [5.41, 5.74) is 4.58. The number of dihydropyridines is 1. The normalized spacial score (nSPS) is 21.2. The van der Waals surface area contributed by atoms with E-state index in [1.165, 1.54) is 0 Å². The van der Waals surface area contributed by atoms with Crippen LogP contribution in [0.4, 0.5) is 5.69 Å². The number of aromatic amines is 1. The lowest BCUT2D eigenvalue weighted by molar-refractivity contribution is 0.0904. The molecule has 3 aliphatic rings. The highest BCUT2D eigenvalue weighted by Gasteiger charge is 2.35. The van der Waals surface area contributed by atoms with Crippen molar-refractivity contribution >= 4 is 23.0 Å². The van der Waals surface area contributed by atoms with Gasteiger partial charge >= 0.3 is 0 Å². The highest BCUT2D eigenvalue weighted by atomic mass is 16.2. The molecule has 0 fully saturated rings. The van der Waals surface area contributed by atoms with E-state index < -0.39 is 0 Å². The molecular formula is C26H27N5O2. The van der Waals surface area contributed by atoms with Crippen molar-refractivity contribution in [1.29, 1.82) is 0 Å². The Morgan fingerprint density at radius 2 is 2.00 bits per heavy atom. The Morgan fingerprint density at radius 3 is 2.73 bits per heavy atom. The zero-order valence-electron chi connectivity index (χ0n) is 18.3. The number of hydrazine groups is 1. The van der Waals surface area contributed by atoms with E-state index in [0.29, 0.717) is 24.1 Å². The molecule has 0 saturated carbocycles. The van der Waals surface area contributed by atoms with Crippen LogP contribution < -0.4 is 21.5 Å². The lowest BCUT2D eigenvalue weighted by Gasteiger charge is -2.30. The molecule has 0 bridgehead atoms. The average Bonchev–Trinajstić information content (AvgIpc) is 3.25. The van der Waals surface area contributed by atoms with E-state index in [1.54, 1.807) is 17.1 Å². The van der Waals surface area contributed by atoms with E-state index in [-0.39, 0.29) is 30.2 Å². The first-order chi connectivity index (χ1) is 16.1. The van der Waals surface area contributed by atoms with E-state index in [1.807, 2.05) is 48.7 Å². The molecule has 2 aliphatic carbocycles. The summed E-state index contributed by atoms with van der Waals surface area (Å²) in [5.74, 6) is 6.45. The number of hydrogen-bond acceptors (Lipinski definition) is 5. The minimum absolute atomic E-state index is 0.0172. The Hall–Kier alpha value is -3.84. The van der Waals surface area contributed by atoms with Gasteiger partial charge in [-0.05, 0) is 36.4 Å². The fourth-order valence-electron chi connectivity index (χ4n) is 4.64. The number of allylic oxidation sites excluding steroid dienone is 4. The average molecular weight is 442 g/mol. The molecule has 2 unspecified atom stereocenters. The summed E-state index contributed by atoms with van der Waals surface area (Å²) in [4.78, 5) is 29.5. The van der Waals surface area contributed by atoms with Gasteiger partial charge in [0.2, 0.25) is 0 Å². The first-order valence-corrected chi connectivity index (χ1v) is 11.2. The molecule has 33 heavy (non-hydrogen) atoms. The number of H-pyrrole nitrogens is 1. The van der Waals surface area contributed by atoms with E-state index in [2.05, 4.69) is 27.8 Å². The van der Waals surface area contributed by atoms with Gasteiger partial charge < -0.3 is 20.6 Å². The number of ketones is 1. The van der Waals surface area contributed by atoms with E-state index in [0.717, 1.165) is 29.1 Å². The molecule has 1 amide bonds. The van der Waals surface area contributed by atoms with Crippen LogP contribution >= 0.6 is 0 Å². The summed E-state index contributed by atoms with van der Waals surface area (Å²) in [6.07, 6.45) is 15.6. The van der Waals surface area contributed by atoms with Gasteiger partial charge in [-0.2, -0.15) is 0 Å². The van der Waals surface area contributed by atoms with Crippen molar-refractivity contribution < 1.29 is 9.59 Å². The second-order valence-electron chi connectivity index (χ2n) is 8.49. The number of aromatic nitrogens is 1. The standard InChI is InChI=1S/C26H27N5O2/c27-31(20-9-5-2-6-10-20)25-23-21(30-24(25)17-11-13-28-14-12-17)15-19(16-22(23)32)29-26(33)18-7-3-1-4-8-18/h1-9,11-13,19-20,28,30H,10,14-16,27H2,(H,29,33). The molecule has 5 rings (SSSR count). The third kappa shape index (κ3) is 4.15. The largest absolute Gasteiger partial charge is 0.387 e.